The lowest BCUT2D eigenvalue weighted by atomic mass is 10.2. The van der Waals surface area contributed by atoms with Crippen molar-refractivity contribution in [3.05, 3.63) is 23.3 Å². The quantitative estimate of drug-likeness (QED) is 0.866. The van der Waals surface area contributed by atoms with E-state index in [1.54, 1.807) is 17.5 Å². The highest BCUT2D eigenvalue weighted by Crippen LogP contribution is 2.26. The molecule has 1 saturated heterocycles. The lowest BCUT2D eigenvalue weighted by Gasteiger charge is -2.21. The van der Waals surface area contributed by atoms with E-state index in [1.165, 1.54) is 0 Å². The van der Waals surface area contributed by atoms with E-state index in [-0.39, 0.29) is 0 Å². The van der Waals surface area contributed by atoms with Crippen LogP contribution in [-0.2, 0) is 0 Å². The van der Waals surface area contributed by atoms with Gasteiger partial charge in [-0.05, 0) is 18.6 Å². The molecule has 0 atom stereocenters. The van der Waals surface area contributed by atoms with Crippen molar-refractivity contribution in [3.63, 3.8) is 0 Å². The van der Waals surface area contributed by atoms with E-state index in [2.05, 4.69) is 44.0 Å². The second-order valence-corrected chi connectivity index (χ2v) is 6.47. The molecule has 0 radical (unpaired) electrons. The molecule has 3 rings (SSSR count). The summed E-state index contributed by atoms with van der Waals surface area (Å²) in [6, 6.07) is 3.95. The predicted octanol–water partition coefficient (Wildman–Crippen LogP) is 2.17. The van der Waals surface area contributed by atoms with Gasteiger partial charge in [-0.15, -0.1) is 15.3 Å². The molecule has 112 valence electrons. The van der Waals surface area contributed by atoms with Crippen LogP contribution in [0.15, 0.2) is 18.3 Å². The summed E-state index contributed by atoms with van der Waals surface area (Å²) in [5, 5.41) is 19.0. The molecule has 0 amide bonds. The van der Waals surface area contributed by atoms with Crippen molar-refractivity contribution in [2.24, 2.45) is 0 Å². The monoisotopic (exact) mass is 304 g/mol. The van der Waals surface area contributed by atoms with Gasteiger partial charge in [0.1, 0.15) is 5.01 Å². The van der Waals surface area contributed by atoms with Crippen LogP contribution < -0.4 is 9.80 Å². The Hall–Kier alpha value is -1.76. The summed E-state index contributed by atoms with van der Waals surface area (Å²) >= 11 is 1.71. The van der Waals surface area contributed by atoms with Crippen molar-refractivity contribution in [1.29, 1.82) is 0 Å². The van der Waals surface area contributed by atoms with Gasteiger partial charge in [0.15, 0.2) is 5.82 Å². The van der Waals surface area contributed by atoms with Gasteiger partial charge in [-0.1, -0.05) is 25.2 Å². The van der Waals surface area contributed by atoms with Crippen LogP contribution in [0.1, 0.15) is 31.2 Å². The Balaban J connectivity index is 1.68. The summed E-state index contributed by atoms with van der Waals surface area (Å²) in [7, 11) is 0. The zero-order valence-electron chi connectivity index (χ0n) is 12.4. The van der Waals surface area contributed by atoms with Crippen molar-refractivity contribution in [1.82, 2.24) is 20.4 Å². The van der Waals surface area contributed by atoms with Gasteiger partial charge in [0.05, 0.1) is 0 Å². The molecule has 7 heteroatoms. The highest BCUT2D eigenvalue weighted by molar-refractivity contribution is 7.15. The highest BCUT2D eigenvalue weighted by atomic mass is 32.1. The van der Waals surface area contributed by atoms with Gasteiger partial charge in [-0.2, -0.15) is 5.10 Å². The van der Waals surface area contributed by atoms with Crippen LogP contribution in [0.4, 0.5) is 10.9 Å². The Morgan fingerprint density at radius 3 is 2.57 bits per heavy atom. The van der Waals surface area contributed by atoms with E-state index < -0.39 is 0 Å². The number of hydrogen-bond donors (Lipinski definition) is 0. The summed E-state index contributed by atoms with van der Waals surface area (Å²) in [5.74, 6) is 1.40. The van der Waals surface area contributed by atoms with E-state index in [9.17, 15) is 0 Å². The first-order valence-electron chi connectivity index (χ1n) is 7.35. The van der Waals surface area contributed by atoms with Gasteiger partial charge >= 0.3 is 0 Å². The molecular formula is C14H20N6S. The molecule has 0 aromatic carbocycles. The van der Waals surface area contributed by atoms with E-state index >= 15 is 0 Å². The summed E-state index contributed by atoms with van der Waals surface area (Å²) in [4.78, 5) is 4.62. The van der Waals surface area contributed by atoms with Gasteiger partial charge in [0, 0.05) is 38.3 Å². The molecule has 2 aromatic heterocycles. The fraction of sp³-hybridized carbons (Fsp3) is 0.571. The van der Waals surface area contributed by atoms with Crippen molar-refractivity contribution >= 4 is 22.3 Å². The van der Waals surface area contributed by atoms with E-state index in [0.717, 1.165) is 48.6 Å². The van der Waals surface area contributed by atoms with Crippen molar-refractivity contribution in [2.75, 3.05) is 36.0 Å². The lowest BCUT2D eigenvalue weighted by Crippen LogP contribution is -2.31. The number of aromatic nitrogens is 4. The fourth-order valence-electron chi connectivity index (χ4n) is 2.39. The molecule has 21 heavy (non-hydrogen) atoms. The van der Waals surface area contributed by atoms with Crippen molar-refractivity contribution in [2.45, 2.75) is 26.2 Å². The van der Waals surface area contributed by atoms with E-state index in [4.69, 9.17) is 0 Å². The van der Waals surface area contributed by atoms with Gasteiger partial charge in [0.25, 0.3) is 0 Å². The third-order valence-corrected chi connectivity index (χ3v) is 4.86. The zero-order valence-corrected chi connectivity index (χ0v) is 13.3. The maximum Gasteiger partial charge on any atom is 0.208 e. The molecule has 0 N–H and O–H groups in total. The summed E-state index contributed by atoms with van der Waals surface area (Å²) in [6.07, 6.45) is 2.80. The smallest absolute Gasteiger partial charge is 0.208 e. The molecule has 3 heterocycles. The summed E-state index contributed by atoms with van der Waals surface area (Å²) in [5.41, 5.74) is 0. The Kier molecular flexibility index (Phi) is 4.28. The maximum absolute atomic E-state index is 4.35. The average molecular weight is 304 g/mol. The molecule has 0 spiro atoms. The normalized spacial score (nSPS) is 16.3. The zero-order chi connectivity index (χ0) is 14.7. The van der Waals surface area contributed by atoms with Crippen LogP contribution in [-0.4, -0.2) is 46.6 Å². The molecular weight excluding hydrogens is 284 g/mol. The molecule has 0 aliphatic carbocycles. The van der Waals surface area contributed by atoms with Crippen LogP contribution in [0, 0.1) is 0 Å². The van der Waals surface area contributed by atoms with Crippen molar-refractivity contribution in [3.8, 4) is 0 Å². The molecule has 0 bridgehead atoms. The first kappa shape index (κ1) is 14.2. The van der Waals surface area contributed by atoms with Gasteiger partial charge in [0.2, 0.25) is 5.13 Å². The molecule has 0 saturated carbocycles. The lowest BCUT2D eigenvalue weighted by molar-refractivity contribution is 0.784. The Morgan fingerprint density at radius 1 is 1.05 bits per heavy atom. The molecule has 2 aromatic rings. The Labute approximate surface area is 128 Å². The first-order chi connectivity index (χ1) is 10.2. The molecule has 1 aliphatic rings. The predicted molar refractivity (Wildman–Crippen MR) is 85.1 cm³/mol. The van der Waals surface area contributed by atoms with Crippen LogP contribution in [0.3, 0.4) is 0 Å². The molecule has 1 fully saturated rings. The van der Waals surface area contributed by atoms with Gasteiger partial charge < -0.3 is 9.80 Å². The molecule has 0 unspecified atom stereocenters. The van der Waals surface area contributed by atoms with Crippen LogP contribution >= 0.6 is 11.3 Å². The SMILES string of the molecule is CC(C)c1nnc(N2CCCN(c3cccnn3)CC2)s1. The maximum atomic E-state index is 4.35. The van der Waals surface area contributed by atoms with Crippen molar-refractivity contribution < 1.29 is 0 Å². The van der Waals surface area contributed by atoms with Crippen LogP contribution in [0.2, 0.25) is 0 Å². The van der Waals surface area contributed by atoms with E-state index in [1.807, 2.05) is 12.1 Å². The Bertz CT molecular complexity index is 570. The van der Waals surface area contributed by atoms with Gasteiger partial charge in [-0.3, -0.25) is 0 Å². The number of nitrogens with zero attached hydrogens (tertiary/aromatic N) is 6. The van der Waals surface area contributed by atoms with Gasteiger partial charge in [-0.25, -0.2) is 0 Å². The molecule has 6 nitrogen and oxygen atoms in total. The number of hydrogen-bond acceptors (Lipinski definition) is 7. The van der Waals surface area contributed by atoms with Crippen LogP contribution in [0.5, 0.6) is 0 Å². The third kappa shape index (κ3) is 3.29. The fourth-order valence-corrected chi connectivity index (χ4v) is 3.29. The second kappa shape index (κ2) is 6.34. The number of anilines is 2. The van der Waals surface area contributed by atoms with Crippen LogP contribution in [0.25, 0.3) is 0 Å². The van der Waals surface area contributed by atoms with E-state index in [0.29, 0.717) is 5.92 Å². The minimum Gasteiger partial charge on any atom is -0.353 e. The first-order valence-corrected chi connectivity index (χ1v) is 8.16. The minimum atomic E-state index is 0.444. The summed E-state index contributed by atoms with van der Waals surface area (Å²) in [6.45, 7) is 8.22. The largest absolute Gasteiger partial charge is 0.353 e. The average Bonchev–Trinajstić information content (AvgIpc) is 2.87. The minimum absolute atomic E-state index is 0.444. The topological polar surface area (TPSA) is 58.0 Å². The Morgan fingerprint density at radius 2 is 1.86 bits per heavy atom. The standard InChI is InChI=1S/C14H20N6S/c1-11(2)13-17-18-14(21-13)20-8-4-7-19(9-10-20)12-5-3-6-15-16-12/h3,5-6,11H,4,7-10H2,1-2H3. The molecule has 1 aliphatic heterocycles. The highest BCUT2D eigenvalue weighted by Gasteiger charge is 2.19. The second-order valence-electron chi connectivity index (χ2n) is 5.49. The number of rotatable bonds is 3. The third-order valence-electron chi connectivity index (χ3n) is 3.57. The summed E-state index contributed by atoms with van der Waals surface area (Å²) < 4.78 is 0.